The maximum Gasteiger partial charge on any atom is 0.312 e. The molecule has 0 saturated carbocycles. The molecule has 94 valence electrons. The molecule has 0 aliphatic carbocycles. The van der Waals surface area contributed by atoms with Gasteiger partial charge >= 0.3 is 6.03 Å². The molecule has 0 bridgehead atoms. The minimum atomic E-state index is -0.606. The Morgan fingerprint density at radius 2 is 2.33 bits per heavy atom. The Labute approximate surface area is 102 Å². The number of fused-ring (bicyclic) bond motifs is 1. The molecule has 2 rings (SSSR count). The van der Waals surface area contributed by atoms with Crippen LogP contribution in [0.25, 0.3) is 11.0 Å². The number of non-ortho nitro benzene ring substituents is 1. The van der Waals surface area contributed by atoms with Gasteiger partial charge in [-0.1, -0.05) is 0 Å². The van der Waals surface area contributed by atoms with E-state index in [4.69, 9.17) is 5.73 Å². The van der Waals surface area contributed by atoms with Gasteiger partial charge in [-0.15, -0.1) is 0 Å². The van der Waals surface area contributed by atoms with Crippen molar-refractivity contribution in [1.29, 1.82) is 0 Å². The lowest BCUT2D eigenvalue weighted by molar-refractivity contribution is -0.384. The summed E-state index contributed by atoms with van der Waals surface area (Å²) in [4.78, 5) is 24.9. The topological polar surface area (TPSA) is 116 Å². The number of urea groups is 1. The van der Waals surface area contributed by atoms with Crippen molar-refractivity contribution in [3.05, 3.63) is 34.6 Å². The Bertz CT molecular complexity index is 607. The average Bonchev–Trinajstić information content (AvgIpc) is 2.71. The number of hydrogen-bond donors (Lipinski definition) is 2. The fourth-order valence-electron chi connectivity index (χ4n) is 1.64. The van der Waals surface area contributed by atoms with Gasteiger partial charge in [0.25, 0.3) is 5.69 Å². The number of nitrogens with two attached hydrogens (primary N) is 1. The van der Waals surface area contributed by atoms with Crippen LogP contribution in [0.2, 0.25) is 0 Å². The predicted molar refractivity (Wildman–Crippen MR) is 64.0 cm³/mol. The van der Waals surface area contributed by atoms with Crippen LogP contribution >= 0.6 is 0 Å². The van der Waals surface area contributed by atoms with Crippen molar-refractivity contribution < 1.29 is 9.72 Å². The number of amides is 2. The smallest absolute Gasteiger partial charge is 0.312 e. The SMILES string of the molecule is NC(=O)NCCn1cnc2ccc([N+](=O)[O-])cc21. The van der Waals surface area contributed by atoms with Crippen molar-refractivity contribution in [1.82, 2.24) is 14.9 Å². The second-order valence-electron chi connectivity index (χ2n) is 3.66. The lowest BCUT2D eigenvalue weighted by Gasteiger charge is -2.04. The lowest BCUT2D eigenvalue weighted by atomic mass is 10.3. The minimum absolute atomic E-state index is 0.00658. The molecule has 8 nitrogen and oxygen atoms in total. The number of nitrogens with one attached hydrogen (secondary N) is 1. The van der Waals surface area contributed by atoms with E-state index in [-0.39, 0.29) is 5.69 Å². The summed E-state index contributed by atoms with van der Waals surface area (Å²) >= 11 is 0. The molecule has 0 atom stereocenters. The summed E-state index contributed by atoms with van der Waals surface area (Å²) in [6.45, 7) is 0.782. The molecule has 2 aromatic rings. The summed E-state index contributed by atoms with van der Waals surface area (Å²) in [5.41, 5.74) is 6.27. The second-order valence-corrected chi connectivity index (χ2v) is 3.66. The number of benzene rings is 1. The molecule has 0 spiro atoms. The first-order valence-corrected chi connectivity index (χ1v) is 5.20. The van der Waals surface area contributed by atoms with E-state index in [1.807, 2.05) is 0 Å². The van der Waals surface area contributed by atoms with Crippen LogP contribution in [0.3, 0.4) is 0 Å². The molecule has 8 heteroatoms. The minimum Gasteiger partial charge on any atom is -0.352 e. The van der Waals surface area contributed by atoms with E-state index in [0.29, 0.717) is 24.1 Å². The quantitative estimate of drug-likeness (QED) is 0.609. The molecule has 18 heavy (non-hydrogen) atoms. The molecular weight excluding hydrogens is 238 g/mol. The first-order valence-electron chi connectivity index (χ1n) is 5.20. The van der Waals surface area contributed by atoms with E-state index in [1.165, 1.54) is 12.1 Å². The first-order chi connectivity index (χ1) is 8.58. The van der Waals surface area contributed by atoms with E-state index >= 15 is 0 Å². The van der Waals surface area contributed by atoms with Crippen molar-refractivity contribution >= 4 is 22.8 Å². The van der Waals surface area contributed by atoms with E-state index < -0.39 is 11.0 Å². The summed E-state index contributed by atoms with van der Waals surface area (Å²) in [7, 11) is 0. The molecule has 0 aliphatic rings. The predicted octanol–water partition coefficient (Wildman–Crippen LogP) is 0.613. The van der Waals surface area contributed by atoms with Crippen LogP contribution in [0.1, 0.15) is 0 Å². The maximum atomic E-state index is 10.7. The number of nitro groups is 1. The van der Waals surface area contributed by atoms with E-state index in [1.54, 1.807) is 17.0 Å². The highest BCUT2D eigenvalue weighted by Gasteiger charge is 2.09. The third-order valence-corrected chi connectivity index (χ3v) is 2.47. The number of carbonyl (C=O) groups is 1. The molecule has 0 unspecified atom stereocenters. The lowest BCUT2D eigenvalue weighted by Crippen LogP contribution is -2.31. The van der Waals surface area contributed by atoms with Gasteiger partial charge in [-0.2, -0.15) is 0 Å². The third kappa shape index (κ3) is 2.37. The zero-order chi connectivity index (χ0) is 13.1. The van der Waals surface area contributed by atoms with Crippen LogP contribution in [0, 0.1) is 10.1 Å². The Morgan fingerprint density at radius 3 is 3.00 bits per heavy atom. The van der Waals surface area contributed by atoms with Crippen LogP contribution in [0.5, 0.6) is 0 Å². The Kier molecular flexibility index (Phi) is 3.09. The third-order valence-electron chi connectivity index (χ3n) is 2.47. The number of primary amides is 1. The van der Waals surface area contributed by atoms with Gasteiger partial charge in [0.15, 0.2) is 0 Å². The van der Waals surface area contributed by atoms with Crippen LogP contribution < -0.4 is 11.1 Å². The highest BCUT2D eigenvalue weighted by molar-refractivity contribution is 5.78. The molecule has 2 amide bonds. The number of carbonyl (C=O) groups excluding carboxylic acids is 1. The summed E-state index contributed by atoms with van der Waals surface area (Å²) in [5.74, 6) is 0. The van der Waals surface area contributed by atoms with Crippen molar-refractivity contribution in [3.8, 4) is 0 Å². The molecule has 3 N–H and O–H groups in total. The number of imidazole rings is 1. The van der Waals surface area contributed by atoms with Gasteiger partial charge < -0.3 is 15.6 Å². The van der Waals surface area contributed by atoms with E-state index in [2.05, 4.69) is 10.3 Å². The summed E-state index contributed by atoms with van der Waals surface area (Å²) < 4.78 is 1.72. The monoisotopic (exact) mass is 249 g/mol. The van der Waals surface area contributed by atoms with Crippen molar-refractivity contribution in [3.63, 3.8) is 0 Å². The molecule has 1 heterocycles. The van der Waals surface area contributed by atoms with Gasteiger partial charge in [-0.05, 0) is 6.07 Å². The molecule has 1 aromatic heterocycles. The van der Waals surface area contributed by atoms with Crippen LogP contribution in [-0.4, -0.2) is 27.1 Å². The number of hydrogen-bond acceptors (Lipinski definition) is 4. The zero-order valence-electron chi connectivity index (χ0n) is 9.37. The number of nitro benzene ring substituents is 1. The van der Waals surface area contributed by atoms with E-state index in [0.717, 1.165) is 0 Å². The fourth-order valence-corrected chi connectivity index (χ4v) is 1.64. The maximum absolute atomic E-state index is 10.7. The molecule has 0 fully saturated rings. The zero-order valence-corrected chi connectivity index (χ0v) is 9.37. The van der Waals surface area contributed by atoms with Gasteiger partial charge in [0.2, 0.25) is 0 Å². The first kappa shape index (κ1) is 11.8. The normalized spacial score (nSPS) is 10.4. The largest absolute Gasteiger partial charge is 0.352 e. The Hall–Kier alpha value is -2.64. The van der Waals surface area contributed by atoms with Crippen molar-refractivity contribution in [2.24, 2.45) is 5.73 Å². The molecule has 0 aliphatic heterocycles. The van der Waals surface area contributed by atoms with Gasteiger partial charge in [-0.3, -0.25) is 10.1 Å². The average molecular weight is 249 g/mol. The Morgan fingerprint density at radius 1 is 1.56 bits per heavy atom. The standard InChI is InChI=1S/C10H11N5O3/c11-10(16)12-3-4-14-6-13-8-2-1-7(15(17)18)5-9(8)14/h1-2,5-6H,3-4H2,(H3,11,12,16). The highest BCUT2D eigenvalue weighted by Crippen LogP contribution is 2.19. The number of aromatic nitrogens is 2. The Balaban J connectivity index is 2.25. The summed E-state index contributed by atoms with van der Waals surface area (Å²) in [6.07, 6.45) is 1.57. The van der Waals surface area contributed by atoms with Gasteiger partial charge in [0, 0.05) is 25.2 Å². The number of nitrogens with zero attached hydrogens (tertiary/aromatic N) is 3. The highest BCUT2D eigenvalue weighted by atomic mass is 16.6. The molecule has 1 aromatic carbocycles. The molecular formula is C10H11N5O3. The van der Waals surface area contributed by atoms with Crippen LogP contribution in [0.15, 0.2) is 24.5 Å². The summed E-state index contributed by atoms with van der Waals surface area (Å²) in [6, 6.07) is 3.84. The van der Waals surface area contributed by atoms with E-state index in [9.17, 15) is 14.9 Å². The summed E-state index contributed by atoms with van der Waals surface area (Å²) in [5, 5.41) is 13.1. The van der Waals surface area contributed by atoms with Gasteiger partial charge in [-0.25, -0.2) is 9.78 Å². The van der Waals surface area contributed by atoms with Gasteiger partial charge in [0.05, 0.1) is 22.3 Å². The number of rotatable bonds is 4. The molecule has 0 radical (unpaired) electrons. The van der Waals surface area contributed by atoms with Crippen molar-refractivity contribution in [2.75, 3.05) is 6.54 Å². The van der Waals surface area contributed by atoms with Crippen LogP contribution in [-0.2, 0) is 6.54 Å². The van der Waals surface area contributed by atoms with Crippen molar-refractivity contribution in [2.45, 2.75) is 6.54 Å². The second kappa shape index (κ2) is 4.70. The van der Waals surface area contributed by atoms with Gasteiger partial charge in [0.1, 0.15) is 0 Å². The van der Waals surface area contributed by atoms with Crippen LogP contribution in [0.4, 0.5) is 10.5 Å². The molecule has 0 saturated heterocycles. The fraction of sp³-hybridized carbons (Fsp3) is 0.200.